The van der Waals surface area contributed by atoms with Gasteiger partial charge in [0.15, 0.2) is 0 Å². The van der Waals surface area contributed by atoms with Gasteiger partial charge in [-0.3, -0.25) is 0 Å². The Balaban J connectivity index is 1.52. The first-order chi connectivity index (χ1) is 9.36. The second kappa shape index (κ2) is 3.51. The van der Waals surface area contributed by atoms with Gasteiger partial charge in [0.05, 0.1) is 24.3 Å². The van der Waals surface area contributed by atoms with E-state index in [0.717, 1.165) is 11.3 Å². The van der Waals surface area contributed by atoms with Gasteiger partial charge in [-0.1, -0.05) is 0 Å². The quantitative estimate of drug-likeness (QED) is 0.747. The van der Waals surface area contributed by atoms with E-state index in [1.165, 1.54) is 49.8 Å². The van der Waals surface area contributed by atoms with Crippen LogP contribution in [0.15, 0.2) is 24.0 Å². The molecule has 0 radical (unpaired) electrons. The van der Waals surface area contributed by atoms with E-state index in [-0.39, 0.29) is 0 Å². The molecule has 3 aliphatic rings. The van der Waals surface area contributed by atoms with Crippen LogP contribution in [0.4, 0.5) is 0 Å². The van der Waals surface area contributed by atoms with E-state index in [9.17, 15) is 0 Å². The molecule has 19 heavy (non-hydrogen) atoms. The molecule has 3 heteroatoms. The number of aromatic nitrogens is 2. The van der Waals surface area contributed by atoms with Gasteiger partial charge >= 0.3 is 0 Å². The third-order valence-electron chi connectivity index (χ3n) is 5.70. The van der Waals surface area contributed by atoms with Crippen molar-refractivity contribution in [1.82, 2.24) is 9.55 Å². The van der Waals surface area contributed by atoms with E-state index in [2.05, 4.69) is 21.0 Å². The smallest absolute Gasteiger partial charge is 0.0957 e. The van der Waals surface area contributed by atoms with Gasteiger partial charge in [-0.15, -0.1) is 11.3 Å². The van der Waals surface area contributed by atoms with Crippen LogP contribution < -0.4 is 0 Å². The number of fused-ring (bicyclic) bond motifs is 3. The molecular weight excluding hydrogens is 252 g/mol. The zero-order valence-corrected chi connectivity index (χ0v) is 11.8. The monoisotopic (exact) mass is 270 g/mol. The standard InChI is InChI=1S/C16H18N2S/c1-4-16(6-7-16)5-2-11(1)14-15-12(3-8-19-15)13-9-17-10-18(13)14/h3,8-11,14H,1-2,4-7H2. The summed E-state index contributed by atoms with van der Waals surface area (Å²) in [5, 5.41) is 2.25. The van der Waals surface area contributed by atoms with Crippen molar-refractivity contribution >= 4 is 11.3 Å². The van der Waals surface area contributed by atoms with Gasteiger partial charge in [0.1, 0.15) is 0 Å². The third-order valence-corrected chi connectivity index (χ3v) is 6.69. The van der Waals surface area contributed by atoms with E-state index >= 15 is 0 Å². The minimum absolute atomic E-state index is 0.587. The lowest BCUT2D eigenvalue weighted by atomic mass is 9.76. The summed E-state index contributed by atoms with van der Waals surface area (Å²) in [7, 11) is 0. The molecule has 1 atom stereocenters. The summed E-state index contributed by atoms with van der Waals surface area (Å²) < 4.78 is 2.44. The third kappa shape index (κ3) is 1.40. The van der Waals surface area contributed by atoms with Crippen molar-refractivity contribution in [3.8, 4) is 11.3 Å². The first-order valence-electron chi connectivity index (χ1n) is 7.46. The second-order valence-electron chi connectivity index (χ2n) is 6.67. The molecule has 2 saturated carbocycles. The van der Waals surface area contributed by atoms with Crippen LogP contribution >= 0.6 is 11.3 Å². The SMILES string of the molecule is c1cc2c(s1)C(C1CCC3(CC1)CC3)n1cncc1-2. The Bertz CT molecular complexity index is 584. The number of nitrogens with zero attached hydrogens (tertiary/aromatic N) is 2. The van der Waals surface area contributed by atoms with E-state index in [1.54, 1.807) is 4.88 Å². The fraction of sp³-hybridized carbons (Fsp3) is 0.562. The maximum atomic E-state index is 4.38. The van der Waals surface area contributed by atoms with Crippen LogP contribution in [0.25, 0.3) is 11.3 Å². The molecule has 2 fully saturated rings. The molecule has 1 spiro atoms. The molecule has 0 bridgehead atoms. The Kier molecular flexibility index (Phi) is 1.97. The van der Waals surface area contributed by atoms with Crippen molar-refractivity contribution < 1.29 is 0 Å². The molecule has 5 rings (SSSR count). The first-order valence-corrected chi connectivity index (χ1v) is 8.34. The highest BCUT2D eigenvalue weighted by Crippen LogP contribution is 2.60. The van der Waals surface area contributed by atoms with Crippen molar-refractivity contribution in [3.63, 3.8) is 0 Å². The van der Waals surface area contributed by atoms with E-state index in [1.807, 2.05) is 23.9 Å². The van der Waals surface area contributed by atoms with Crippen LogP contribution in [0.5, 0.6) is 0 Å². The molecule has 1 aliphatic heterocycles. The Morgan fingerprint density at radius 1 is 1.21 bits per heavy atom. The lowest BCUT2D eigenvalue weighted by Crippen LogP contribution is -2.23. The second-order valence-corrected chi connectivity index (χ2v) is 7.61. The van der Waals surface area contributed by atoms with Crippen LogP contribution in [0.1, 0.15) is 49.4 Å². The Morgan fingerprint density at radius 2 is 2.05 bits per heavy atom. The van der Waals surface area contributed by atoms with Crippen LogP contribution in [-0.2, 0) is 0 Å². The molecule has 98 valence electrons. The van der Waals surface area contributed by atoms with Gasteiger partial charge in [0.25, 0.3) is 0 Å². The summed E-state index contributed by atoms with van der Waals surface area (Å²) in [6, 6.07) is 2.86. The van der Waals surface area contributed by atoms with Gasteiger partial charge in [-0.05, 0) is 61.3 Å². The lowest BCUT2D eigenvalue weighted by molar-refractivity contribution is 0.218. The molecule has 2 aromatic rings. The van der Waals surface area contributed by atoms with Crippen molar-refractivity contribution in [2.45, 2.75) is 44.6 Å². The molecule has 1 unspecified atom stereocenters. The van der Waals surface area contributed by atoms with Crippen molar-refractivity contribution in [2.75, 3.05) is 0 Å². The van der Waals surface area contributed by atoms with Gasteiger partial charge in [-0.2, -0.15) is 0 Å². The van der Waals surface area contributed by atoms with Crippen molar-refractivity contribution in [3.05, 3.63) is 28.8 Å². The number of thiophene rings is 1. The van der Waals surface area contributed by atoms with Crippen molar-refractivity contribution in [2.24, 2.45) is 11.3 Å². The van der Waals surface area contributed by atoms with Crippen LogP contribution in [0.2, 0.25) is 0 Å². The van der Waals surface area contributed by atoms with Crippen LogP contribution in [0, 0.1) is 11.3 Å². The van der Waals surface area contributed by atoms with Gasteiger partial charge in [0, 0.05) is 10.4 Å². The molecule has 0 amide bonds. The zero-order chi connectivity index (χ0) is 12.4. The normalized spacial score (nSPS) is 27.5. The minimum Gasteiger partial charge on any atom is -0.322 e. The highest BCUT2D eigenvalue weighted by atomic mass is 32.1. The number of rotatable bonds is 1. The number of hydrogen-bond donors (Lipinski definition) is 0. The number of hydrogen-bond acceptors (Lipinski definition) is 2. The van der Waals surface area contributed by atoms with E-state index in [0.29, 0.717) is 6.04 Å². The molecule has 3 heterocycles. The Hall–Kier alpha value is -1.09. The highest BCUT2D eigenvalue weighted by molar-refractivity contribution is 7.10. The molecule has 2 nitrogen and oxygen atoms in total. The summed E-state index contributed by atoms with van der Waals surface area (Å²) >= 11 is 1.94. The van der Waals surface area contributed by atoms with E-state index < -0.39 is 0 Å². The zero-order valence-electron chi connectivity index (χ0n) is 11.0. The summed E-state index contributed by atoms with van der Waals surface area (Å²) in [4.78, 5) is 5.97. The fourth-order valence-electron chi connectivity index (χ4n) is 4.31. The average Bonchev–Trinajstić information content (AvgIpc) is 2.85. The molecule has 2 aromatic heterocycles. The first kappa shape index (κ1) is 10.7. The molecule has 0 aromatic carbocycles. The predicted molar refractivity (Wildman–Crippen MR) is 77.3 cm³/mol. The predicted octanol–water partition coefficient (Wildman–Crippen LogP) is 4.48. The maximum absolute atomic E-state index is 4.38. The highest BCUT2D eigenvalue weighted by Gasteiger charge is 2.47. The summed E-state index contributed by atoms with van der Waals surface area (Å²) in [6.07, 6.45) is 12.9. The Labute approximate surface area is 117 Å². The number of imidazole rings is 1. The van der Waals surface area contributed by atoms with Crippen molar-refractivity contribution in [1.29, 1.82) is 0 Å². The Morgan fingerprint density at radius 3 is 2.84 bits per heavy atom. The maximum Gasteiger partial charge on any atom is 0.0957 e. The van der Waals surface area contributed by atoms with Crippen LogP contribution in [0.3, 0.4) is 0 Å². The lowest BCUT2D eigenvalue weighted by Gasteiger charge is -2.33. The molecule has 0 N–H and O–H groups in total. The molecule has 0 saturated heterocycles. The largest absolute Gasteiger partial charge is 0.322 e. The van der Waals surface area contributed by atoms with Crippen LogP contribution in [-0.4, -0.2) is 9.55 Å². The fourth-order valence-corrected chi connectivity index (χ4v) is 5.40. The van der Waals surface area contributed by atoms with Gasteiger partial charge in [0.2, 0.25) is 0 Å². The average molecular weight is 270 g/mol. The van der Waals surface area contributed by atoms with E-state index in [4.69, 9.17) is 0 Å². The molecular formula is C16H18N2S. The van der Waals surface area contributed by atoms with Gasteiger partial charge < -0.3 is 4.57 Å². The minimum atomic E-state index is 0.587. The molecule has 2 aliphatic carbocycles. The summed E-state index contributed by atoms with van der Waals surface area (Å²) in [5.74, 6) is 0.832. The summed E-state index contributed by atoms with van der Waals surface area (Å²) in [6.45, 7) is 0. The summed E-state index contributed by atoms with van der Waals surface area (Å²) in [5.41, 5.74) is 3.58. The topological polar surface area (TPSA) is 17.8 Å². The van der Waals surface area contributed by atoms with Gasteiger partial charge in [-0.25, -0.2) is 4.98 Å².